The summed E-state index contributed by atoms with van der Waals surface area (Å²) in [5, 5.41) is 16.4. The number of nitrogens with one attached hydrogen (secondary N) is 1. The third-order valence-corrected chi connectivity index (χ3v) is 4.09. The summed E-state index contributed by atoms with van der Waals surface area (Å²) in [5.41, 5.74) is 4.28. The van der Waals surface area contributed by atoms with E-state index in [9.17, 15) is 0 Å². The van der Waals surface area contributed by atoms with Crippen LogP contribution in [0.2, 0.25) is 0 Å². The van der Waals surface area contributed by atoms with Gasteiger partial charge >= 0.3 is 0 Å². The molecular formula is C20H22N6O4. The molecule has 0 aliphatic carbocycles. The number of rotatable bonds is 9. The second-order valence-corrected chi connectivity index (χ2v) is 5.83. The van der Waals surface area contributed by atoms with Gasteiger partial charge < -0.3 is 18.9 Å². The van der Waals surface area contributed by atoms with E-state index in [1.165, 1.54) is 11.0 Å². The summed E-state index contributed by atoms with van der Waals surface area (Å²) >= 11 is 0. The Balaban J connectivity index is 1.77. The maximum absolute atomic E-state index is 5.35. The van der Waals surface area contributed by atoms with Crippen molar-refractivity contribution in [2.45, 2.75) is 0 Å². The van der Waals surface area contributed by atoms with E-state index in [-0.39, 0.29) is 0 Å². The molecule has 2 aromatic carbocycles. The molecule has 0 fully saturated rings. The Bertz CT molecular complexity index is 1050. The summed E-state index contributed by atoms with van der Waals surface area (Å²) in [6, 6.07) is 10.8. The molecule has 30 heavy (non-hydrogen) atoms. The van der Waals surface area contributed by atoms with Crippen LogP contribution in [0, 0.1) is 0 Å². The highest BCUT2D eigenvalue weighted by Gasteiger charge is 2.06. The Hall–Kier alpha value is -4.08. The van der Waals surface area contributed by atoms with E-state index >= 15 is 0 Å². The van der Waals surface area contributed by atoms with Gasteiger partial charge in [0.1, 0.15) is 29.3 Å². The van der Waals surface area contributed by atoms with Gasteiger partial charge in [-0.25, -0.2) is 5.43 Å². The minimum atomic E-state index is 0.325. The highest BCUT2D eigenvalue weighted by Crippen LogP contribution is 2.23. The summed E-state index contributed by atoms with van der Waals surface area (Å²) < 4.78 is 22.6. The largest absolute Gasteiger partial charge is 0.497 e. The average molecular weight is 410 g/mol. The smallest absolute Gasteiger partial charge is 0.265 e. The SMILES string of the molecule is COc1ccc(OC)c(C=NNc2nncn2/N=C/c2cc(OC)ccc2OC)c1. The second kappa shape index (κ2) is 9.92. The molecule has 0 saturated heterocycles. The number of hydrogen-bond acceptors (Lipinski definition) is 9. The Morgan fingerprint density at radius 3 is 2.00 bits per heavy atom. The van der Waals surface area contributed by atoms with Gasteiger partial charge in [-0.1, -0.05) is 0 Å². The number of methoxy groups -OCH3 is 4. The number of nitrogens with zero attached hydrogens (tertiary/aromatic N) is 5. The lowest BCUT2D eigenvalue weighted by atomic mass is 10.2. The zero-order valence-electron chi connectivity index (χ0n) is 17.1. The molecule has 10 heteroatoms. The van der Waals surface area contributed by atoms with Gasteiger partial charge in [-0.2, -0.15) is 14.9 Å². The molecule has 0 spiro atoms. The minimum Gasteiger partial charge on any atom is -0.497 e. The van der Waals surface area contributed by atoms with E-state index in [0.717, 1.165) is 11.1 Å². The molecule has 3 rings (SSSR count). The van der Waals surface area contributed by atoms with Gasteiger partial charge in [-0.15, -0.1) is 10.2 Å². The van der Waals surface area contributed by atoms with Gasteiger partial charge in [0, 0.05) is 11.1 Å². The monoisotopic (exact) mass is 410 g/mol. The van der Waals surface area contributed by atoms with Crippen LogP contribution in [0.5, 0.6) is 23.0 Å². The van der Waals surface area contributed by atoms with Crippen molar-refractivity contribution < 1.29 is 18.9 Å². The lowest BCUT2D eigenvalue weighted by Gasteiger charge is -2.07. The average Bonchev–Trinajstić information content (AvgIpc) is 3.24. The number of benzene rings is 2. The fourth-order valence-electron chi connectivity index (χ4n) is 2.55. The van der Waals surface area contributed by atoms with Crippen LogP contribution in [-0.2, 0) is 0 Å². The molecule has 0 radical (unpaired) electrons. The zero-order valence-corrected chi connectivity index (χ0v) is 17.1. The number of ether oxygens (including phenoxy) is 4. The van der Waals surface area contributed by atoms with E-state index in [2.05, 4.69) is 25.8 Å². The van der Waals surface area contributed by atoms with E-state index in [4.69, 9.17) is 18.9 Å². The molecule has 1 heterocycles. The first kappa shape index (κ1) is 20.6. The van der Waals surface area contributed by atoms with Crippen molar-refractivity contribution in [2.75, 3.05) is 33.9 Å². The lowest BCUT2D eigenvalue weighted by molar-refractivity contribution is 0.402. The van der Waals surface area contributed by atoms with Gasteiger partial charge in [0.25, 0.3) is 5.95 Å². The highest BCUT2D eigenvalue weighted by atomic mass is 16.5. The molecule has 10 nitrogen and oxygen atoms in total. The first-order valence-corrected chi connectivity index (χ1v) is 8.86. The van der Waals surface area contributed by atoms with Gasteiger partial charge in [0.2, 0.25) is 0 Å². The van der Waals surface area contributed by atoms with Gasteiger partial charge in [-0.3, -0.25) is 0 Å². The molecule has 0 bridgehead atoms. The number of hydrogen-bond donors (Lipinski definition) is 1. The van der Waals surface area contributed by atoms with Crippen molar-refractivity contribution in [3.05, 3.63) is 53.9 Å². The molecule has 0 atom stereocenters. The second-order valence-electron chi connectivity index (χ2n) is 5.83. The maximum atomic E-state index is 5.35. The molecule has 0 unspecified atom stereocenters. The predicted octanol–water partition coefficient (Wildman–Crippen LogP) is 2.64. The first-order valence-electron chi connectivity index (χ1n) is 8.86. The van der Waals surface area contributed by atoms with Crippen LogP contribution in [0.4, 0.5) is 5.95 Å². The Morgan fingerprint density at radius 2 is 1.43 bits per heavy atom. The van der Waals surface area contributed by atoms with Crippen LogP contribution in [-0.4, -0.2) is 55.7 Å². The van der Waals surface area contributed by atoms with Gasteiger partial charge in [0.05, 0.1) is 40.9 Å². The van der Waals surface area contributed by atoms with E-state index in [0.29, 0.717) is 28.9 Å². The molecule has 3 aromatic rings. The Morgan fingerprint density at radius 1 is 0.833 bits per heavy atom. The zero-order chi connectivity index (χ0) is 21.3. The summed E-state index contributed by atoms with van der Waals surface area (Å²) in [5.74, 6) is 3.02. The Kier molecular flexibility index (Phi) is 6.83. The van der Waals surface area contributed by atoms with Crippen molar-refractivity contribution in [3.63, 3.8) is 0 Å². The van der Waals surface area contributed by atoms with Crippen molar-refractivity contribution in [1.82, 2.24) is 14.9 Å². The summed E-state index contributed by atoms with van der Waals surface area (Å²) in [7, 11) is 6.37. The minimum absolute atomic E-state index is 0.325. The molecule has 0 aliphatic rings. The van der Waals surface area contributed by atoms with E-state index in [1.807, 2.05) is 24.3 Å². The van der Waals surface area contributed by atoms with Crippen LogP contribution < -0.4 is 24.4 Å². The van der Waals surface area contributed by atoms with Crippen molar-refractivity contribution in [3.8, 4) is 23.0 Å². The molecule has 156 valence electrons. The normalized spacial score (nSPS) is 11.1. The van der Waals surface area contributed by atoms with Gasteiger partial charge in [0.15, 0.2) is 0 Å². The first-order chi connectivity index (χ1) is 14.7. The molecule has 1 aromatic heterocycles. The van der Waals surface area contributed by atoms with Crippen LogP contribution in [0.25, 0.3) is 0 Å². The predicted molar refractivity (Wildman–Crippen MR) is 113 cm³/mol. The van der Waals surface area contributed by atoms with Crippen LogP contribution >= 0.6 is 0 Å². The number of anilines is 1. The van der Waals surface area contributed by atoms with Crippen LogP contribution in [0.15, 0.2) is 52.9 Å². The quantitative estimate of drug-likeness (QED) is 0.427. The fraction of sp³-hybridized carbons (Fsp3) is 0.200. The highest BCUT2D eigenvalue weighted by molar-refractivity contribution is 5.85. The molecule has 0 amide bonds. The fourth-order valence-corrected chi connectivity index (χ4v) is 2.55. The number of aromatic nitrogens is 3. The number of hydrazone groups is 1. The molecule has 0 saturated carbocycles. The summed E-state index contributed by atoms with van der Waals surface area (Å²) in [6.07, 6.45) is 4.66. The van der Waals surface area contributed by atoms with Crippen molar-refractivity contribution in [2.24, 2.45) is 10.2 Å². The van der Waals surface area contributed by atoms with Crippen LogP contribution in [0.1, 0.15) is 11.1 Å². The van der Waals surface area contributed by atoms with E-state index < -0.39 is 0 Å². The maximum Gasteiger partial charge on any atom is 0.265 e. The standard InChI is InChI=1S/C20H22N6O4/c1-27-16-5-7-18(29-3)14(9-16)11-21-24-20-25-22-13-26(20)23-12-15-10-17(28-2)6-8-19(15)30-4/h5-13H,1-4H3,(H,24,25)/b21-11?,23-12+. The lowest BCUT2D eigenvalue weighted by Crippen LogP contribution is -2.00. The summed E-state index contributed by atoms with van der Waals surface area (Å²) in [6.45, 7) is 0. The Labute approximate surface area is 173 Å². The van der Waals surface area contributed by atoms with Gasteiger partial charge in [-0.05, 0) is 36.4 Å². The molecule has 0 aliphatic heterocycles. The van der Waals surface area contributed by atoms with Crippen LogP contribution in [0.3, 0.4) is 0 Å². The third-order valence-electron chi connectivity index (χ3n) is 4.09. The molecular weight excluding hydrogens is 388 g/mol. The van der Waals surface area contributed by atoms with E-state index in [1.54, 1.807) is 53.0 Å². The van der Waals surface area contributed by atoms with Crippen molar-refractivity contribution in [1.29, 1.82) is 0 Å². The topological polar surface area (TPSA) is 104 Å². The molecule has 1 N–H and O–H groups in total. The summed E-state index contributed by atoms with van der Waals surface area (Å²) in [4.78, 5) is 0. The van der Waals surface area contributed by atoms with Crippen molar-refractivity contribution >= 4 is 18.4 Å². The third kappa shape index (κ3) is 4.85.